The van der Waals surface area contributed by atoms with Gasteiger partial charge in [0.1, 0.15) is 12.4 Å². The summed E-state index contributed by atoms with van der Waals surface area (Å²) in [4.78, 5) is 2.42. The fourth-order valence-corrected chi connectivity index (χ4v) is 2.45. The first-order valence-corrected chi connectivity index (χ1v) is 6.95. The van der Waals surface area contributed by atoms with Crippen LogP contribution in [0.3, 0.4) is 0 Å². The highest BCUT2D eigenvalue weighted by atomic mass is 16.5. The molecule has 1 aliphatic heterocycles. The summed E-state index contributed by atoms with van der Waals surface area (Å²) < 4.78 is 5.72. The molecule has 1 aliphatic rings. The van der Waals surface area contributed by atoms with Gasteiger partial charge in [-0.2, -0.15) is 0 Å². The van der Waals surface area contributed by atoms with Crippen LogP contribution < -0.4 is 15.4 Å². The average Bonchev–Trinajstić information content (AvgIpc) is 2.38. The molecule has 2 rings (SSSR count). The normalized spacial score (nSPS) is 14.6. The number of ether oxygens (including phenoxy) is 1. The maximum Gasteiger partial charge on any atom is 0.142 e. The lowest BCUT2D eigenvalue weighted by atomic mass is 10.1. The molecule has 0 radical (unpaired) electrons. The molecule has 0 amide bonds. The van der Waals surface area contributed by atoms with Crippen molar-refractivity contribution in [2.75, 3.05) is 24.6 Å². The van der Waals surface area contributed by atoms with E-state index >= 15 is 0 Å². The minimum Gasteiger partial charge on any atom is -0.490 e. The average molecular weight is 248 g/mol. The standard InChI is InChI=1S/C15H24N2O/c1-12(2)17-9-10-18-15-7-6-13(11-14(15)17)5-3-4-8-16/h6-7,11-12H,3-5,8-10,16H2,1-2H3. The largest absolute Gasteiger partial charge is 0.490 e. The second-order valence-electron chi connectivity index (χ2n) is 5.18. The molecule has 1 heterocycles. The lowest BCUT2D eigenvalue weighted by Gasteiger charge is -2.34. The number of rotatable bonds is 5. The Hall–Kier alpha value is -1.22. The van der Waals surface area contributed by atoms with Crippen molar-refractivity contribution in [1.82, 2.24) is 0 Å². The van der Waals surface area contributed by atoms with Crippen LogP contribution in [0.5, 0.6) is 5.75 Å². The summed E-state index contributed by atoms with van der Waals surface area (Å²) in [5.41, 5.74) is 8.18. The third-order valence-electron chi connectivity index (χ3n) is 3.47. The third-order valence-corrected chi connectivity index (χ3v) is 3.47. The first-order valence-electron chi connectivity index (χ1n) is 6.95. The monoisotopic (exact) mass is 248 g/mol. The minimum absolute atomic E-state index is 0.520. The second kappa shape index (κ2) is 6.10. The van der Waals surface area contributed by atoms with Gasteiger partial charge in [-0.1, -0.05) is 6.07 Å². The van der Waals surface area contributed by atoms with Gasteiger partial charge in [-0.15, -0.1) is 0 Å². The number of fused-ring (bicyclic) bond motifs is 1. The first-order chi connectivity index (χ1) is 8.72. The van der Waals surface area contributed by atoms with Crippen LogP contribution in [0.4, 0.5) is 5.69 Å². The highest BCUT2D eigenvalue weighted by Gasteiger charge is 2.20. The van der Waals surface area contributed by atoms with E-state index in [1.165, 1.54) is 11.3 Å². The summed E-state index contributed by atoms with van der Waals surface area (Å²) in [6.07, 6.45) is 3.37. The zero-order valence-corrected chi connectivity index (χ0v) is 11.5. The van der Waals surface area contributed by atoms with E-state index in [2.05, 4.69) is 36.9 Å². The van der Waals surface area contributed by atoms with Gasteiger partial charge in [0.15, 0.2) is 0 Å². The Morgan fingerprint density at radius 1 is 1.33 bits per heavy atom. The van der Waals surface area contributed by atoms with E-state index in [1.54, 1.807) is 0 Å². The fourth-order valence-electron chi connectivity index (χ4n) is 2.45. The van der Waals surface area contributed by atoms with Crippen molar-refractivity contribution >= 4 is 5.69 Å². The van der Waals surface area contributed by atoms with E-state index in [9.17, 15) is 0 Å². The van der Waals surface area contributed by atoms with Crippen LogP contribution in [0.25, 0.3) is 0 Å². The minimum atomic E-state index is 0.520. The molecule has 0 unspecified atom stereocenters. The number of unbranched alkanes of at least 4 members (excludes halogenated alkanes) is 1. The van der Waals surface area contributed by atoms with Gasteiger partial charge in [-0.3, -0.25) is 0 Å². The number of hydrogen-bond donors (Lipinski definition) is 1. The van der Waals surface area contributed by atoms with Gasteiger partial charge >= 0.3 is 0 Å². The molecule has 18 heavy (non-hydrogen) atoms. The van der Waals surface area contributed by atoms with E-state index in [0.29, 0.717) is 6.04 Å². The molecule has 3 heteroatoms. The molecule has 100 valence electrons. The third kappa shape index (κ3) is 2.96. The van der Waals surface area contributed by atoms with Gasteiger partial charge < -0.3 is 15.4 Å². The van der Waals surface area contributed by atoms with Crippen molar-refractivity contribution < 1.29 is 4.74 Å². The molecule has 0 atom stereocenters. The zero-order chi connectivity index (χ0) is 13.0. The summed E-state index contributed by atoms with van der Waals surface area (Å²) in [5.74, 6) is 1.03. The van der Waals surface area contributed by atoms with Crippen LogP contribution in [0.1, 0.15) is 32.3 Å². The Balaban J connectivity index is 2.15. The first kappa shape index (κ1) is 13.2. The second-order valence-corrected chi connectivity index (χ2v) is 5.18. The molecule has 0 fully saturated rings. The molecule has 1 aromatic rings. The lowest BCUT2D eigenvalue weighted by Crippen LogP contribution is -2.37. The van der Waals surface area contributed by atoms with Crippen LogP contribution in [0.2, 0.25) is 0 Å². The van der Waals surface area contributed by atoms with Gasteiger partial charge in [0, 0.05) is 6.04 Å². The molecule has 3 nitrogen and oxygen atoms in total. The predicted octanol–water partition coefficient (Wildman–Crippen LogP) is 2.58. The summed E-state index contributed by atoms with van der Waals surface area (Å²) in [7, 11) is 0. The van der Waals surface area contributed by atoms with Crippen LogP contribution in [0.15, 0.2) is 18.2 Å². The van der Waals surface area contributed by atoms with Crippen LogP contribution in [0, 0.1) is 0 Å². The zero-order valence-electron chi connectivity index (χ0n) is 11.5. The van der Waals surface area contributed by atoms with Crippen molar-refractivity contribution in [3.05, 3.63) is 23.8 Å². The summed E-state index contributed by atoms with van der Waals surface area (Å²) in [6.45, 7) is 7.02. The van der Waals surface area contributed by atoms with Crippen molar-refractivity contribution in [2.24, 2.45) is 5.73 Å². The van der Waals surface area contributed by atoms with Crippen LogP contribution in [-0.4, -0.2) is 25.7 Å². The number of anilines is 1. The smallest absolute Gasteiger partial charge is 0.142 e. The van der Waals surface area contributed by atoms with Gasteiger partial charge in [0.05, 0.1) is 12.2 Å². The molecule has 0 aliphatic carbocycles. The number of benzene rings is 1. The van der Waals surface area contributed by atoms with E-state index in [1.807, 2.05) is 0 Å². The van der Waals surface area contributed by atoms with Crippen LogP contribution in [-0.2, 0) is 6.42 Å². The van der Waals surface area contributed by atoms with Gasteiger partial charge in [0.2, 0.25) is 0 Å². The van der Waals surface area contributed by atoms with E-state index in [-0.39, 0.29) is 0 Å². The quantitative estimate of drug-likeness (QED) is 0.814. The number of nitrogens with zero attached hydrogens (tertiary/aromatic N) is 1. The van der Waals surface area contributed by atoms with Gasteiger partial charge in [-0.05, 0) is 57.4 Å². The Bertz CT molecular complexity index is 390. The Morgan fingerprint density at radius 2 is 2.17 bits per heavy atom. The maximum atomic E-state index is 5.72. The summed E-state index contributed by atoms with van der Waals surface area (Å²) in [6, 6.07) is 7.10. The van der Waals surface area contributed by atoms with Crippen molar-refractivity contribution in [2.45, 2.75) is 39.2 Å². The van der Waals surface area contributed by atoms with Gasteiger partial charge in [0.25, 0.3) is 0 Å². The number of hydrogen-bond acceptors (Lipinski definition) is 3. The molecule has 2 N–H and O–H groups in total. The predicted molar refractivity (Wildman–Crippen MR) is 76.4 cm³/mol. The van der Waals surface area contributed by atoms with Crippen LogP contribution >= 0.6 is 0 Å². The van der Waals surface area contributed by atoms with Gasteiger partial charge in [-0.25, -0.2) is 0 Å². The molecule has 0 bridgehead atoms. The highest BCUT2D eigenvalue weighted by molar-refractivity contribution is 5.61. The molecule has 0 saturated carbocycles. The Kier molecular flexibility index (Phi) is 4.48. The number of nitrogens with two attached hydrogens (primary N) is 1. The maximum absolute atomic E-state index is 5.72. The van der Waals surface area contributed by atoms with Crippen molar-refractivity contribution in [3.63, 3.8) is 0 Å². The Morgan fingerprint density at radius 3 is 2.89 bits per heavy atom. The SMILES string of the molecule is CC(C)N1CCOc2ccc(CCCCN)cc21. The lowest BCUT2D eigenvalue weighted by molar-refractivity contribution is 0.302. The molecular formula is C15H24N2O. The summed E-state index contributed by atoms with van der Waals surface area (Å²) in [5, 5.41) is 0. The topological polar surface area (TPSA) is 38.5 Å². The fraction of sp³-hybridized carbons (Fsp3) is 0.600. The highest BCUT2D eigenvalue weighted by Crippen LogP contribution is 2.33. The molecular weight excluding hydrogens is 224 g/mol. The molecule has 1 aromatic carbocycles. The Labute approximate surface area is 110 Å². The van der Waals surface area contributed by atoms with E-state index in [0.717, 1.165) is 44.7 Å². The molecule has 0 aromatic heterocycles. The van der Waals surface area contributed by atoms with Crippen molar-refractivity contribution in [3.8, 4) is 5.75 Å². The number of aryl methyl sites for hydroxylation is 1. The molecule has 0 saturated heterocycles. The summed E-state index contributed by atoms with van der Waals surface area (Å²) >= 11 is 0. The van der Waals surface area contributed by atoms with E-state index < -0.39 is 0 Å². The molecule has 0 spiro atoms. The van der Waals surface area contributed by atoms with E-state index in [4.69, 9.17) is 10.5 Å². The van der Waals surface area contributed by atoms with Crippen molar-refractivity contribution in [1.29, 1.82) is 0 Å².